The molecule has 0 bridgehead atoms. The molecule has 4 atom stereocenters. The summed E-state index contributed by atoms with van der Waals surface area (Å²) in [6.45, 7) is 12.6. The largest absolute Gasteiger partial charge is 0.373 e. The van der Waals surface area contributed by atoms with Crippen molar-refractivity contribution in [2.75, 3.05) is 26.7 Å². The molecule has 1 aliphatic carbocycles. The summed E-state index contributed by atoms with van der Waals surface area (Å²) < 4.78 is 5.82. The Bertz CT molecular complexity index is 270. The van der Waals surface area contributed by atoms with E-state index in [1.54, 1.807) is 0 Å². The number of morpholine rings is 1. The molecule has 2 fully saturated rings. The summed E-state index contributed by atoms with van der Waals surface area (Å²) in [6.07, 6.45) is 3.48. The Morgan fingerprint density at radius 2 is 1.83 bits per heavy atom. The van der Waals surface area contributed by atoms with Crippen molar-refractivity contribution < 1.29 is 4.74 Å². The Kier molecular flexibility index (Phi) is 4.35. The molecule has 0 radical (unpaired) electrons. The first-order valence-electron chi connectivity index (χ1n) is 7.47. The fraction of sp³-hybridized carbons (Fsp3) is 1.00. The average Bonchev–Trinajstić information content (AvgIpc) is 2.52. The van der Waals surface area contributed by atoms with Gasteiger partial charge in [0.05, 0.1) is 12.2 Å². The predicted molar refractivity (Wildman–Crippen MR) is 75.8 cm³/mol. The van der Waals surface area contributed by atoms with E-state index in [0.717, 1.165) is 19.0 Å². The van der Waals surface area contributed by atoms with Gasteiger partial charge in [-0.15, -0.1) is 0 Å². The summed E-state index contributed by atoms with van der Waals surface area (Å²) in [6, 6.07) is 0.658. The lowest BCUT2D eigenvalue weighted by molar-refractivity contribution is -0.0723. The van der Waals surface area contributed by atoms with Gasteiger partial charge in [0.2, 0.25) is 0 Å². The molecule has 2 rings (SSSR count). The van der Waals surface area contributed by atoms with E-state index in [-0.39, 0.29) is 0 Å². The van der Waals surface area contributed by atoms with E-state index in [1.807, 2.05) is 0 Å². The molecule has 2 aliphatic rings. The first-order valence-corrected chi connectivity index (χ1v) is 7.47. The second-order valence-corrected chi connectivity index (χ2v) is 7.03. The van der Waals surface area contributed by atoms with Crippen LogP contribution in [0, 0.1) is 11.3 Å². The van der Waals surface area contributed by atoms with E-state index >= 15 is 0 Å². The van der Waals surface area contributed by atoms with Gasteiger partial charge in [0, 0.05) is 25.7 Å². The molecule has 3 nitrogen and oxygen atoms in total. The Hall–Kier alpha value is -0.120. The van der Waals surface area contributed by atoms with Crippen LogP contribution in [0.15, 0.2) is 0 Å². The molecule has 1 aliphatic heterocycles. The maximum Gasteiger partial charge on any atom is 0.0678 e. The fourth-order valence-corrected chi connectivity index (χ4v) is 4.11. The van der Waals surface area contributed by atoms with Gasteiger partial charge >= 0.3 is 0 Å². The second-order valence-electron chi connectivity index (χ2n) is 7.03. The van der Waals surface area contributed by atoms with E-state index < -0.39 is 0 Å². The number of ether oxygens (including phenoxy) is 1. The highest BCUT2D eigenvalue weighted by molar-refractivity contribution is 4.96. The maximum atomic E-state index is 5.82. The lowest BCUT2D eigenvalue weighted by Gasteiger charge is -2.38. The van der Waals surface area contributed by atoms with Gasteiger partial charge in [-0.05, 0) is 45.1 Å². The molecule has 0 spiro atoms. The number of nitrogens with one attached hydrogen (secondary N) is 1. The standard InChI is InChI=1S/C15H30N2O/c1-11-8-17(9-12(2)18-11)10-13-6-7-15(3,4)14(13)16-5/h11-14,16H,6-10H2,1-5H3/t11-,12+,13?,14?. The molecule has 106 valence electrons. The summed E-state index contributed by atoms with van der Waals surface area (Å²) in [7, 11) is 2.12. The molecule has 1 saturated heterocycles. The van der Waals surface area contributed by atoms with Crippen molar-refractivity contribution in [3.63, 3.8) is 0 Å². The number of rotatable bonds is 3. The van der Waals surface area contributed by atoms with Crippen LogP contribution >= 0.6 is 0 Å². The zero-order valence-electron chi connectivity index (χ0n) is 12.7. The summed E-state index contributed by atoms with van der Waals surface area (Å²) in [5, 5.41) is 3.56. The average molecular weight is 254 g/mol. The van der Waals surface area contributed by atoms with E-state index in [1.165, 1.54) is 19.4 Å². The molecule has 0 aromatic heterocycles. The molecule has 0 aromatic carbocycles. The first kappa shape index (κ1) is 14.3. The van der Waals surface area contributed by atoms with Gasteiger partial charge in [0.1, 0.15) is 0 Å². The summed E-state index contributed by atoms with van der Waals surface area (Å²) in [4.78, 5) is 2.61. The quantitative estimate of drug-likeness (QED) is 0.835. The highest BCUT2D eigenvalue weighted by Crippen LogP contribution is 2.41. The van der Waals surface area contributed by atoms with Crippen molar-refractivity contribution in [3.8, 4) is 0 Å². The molecular formula is C15H30N2O. The SMILES string of the molecule is CNC1C(CN2C[C@@H](C)O[C@@H](C)C2)CCC1(C)C. The fourth-order valence-electron chi connectivity index (χ4n) is 4.11. The molecule has 0 amide bonds. The van der Waals surface area contributed by atoms with Crippen molar-refractivity contribution in [2.24, 2.45) is 11.3 Å². The van der Waals surface area contributed by atoms with Gasteiger partial charge in [-0.1, -0.05) is 13.8 Å². The summed E-state index contributed by atoms with van der Waals surface area (Å²) in [5.74, 6) is 0.794. The van der Waals surface area contributed by atoms with Gasteiger partial charge < -0.3 is 10.1 Å². The van der Waals surface area contributed by atoms with E-state index in [0.29, 0.717) is 23.7 Å². The van der Waals surface area contributed by atoms with Crippen LogP contribution < -0.4 is 5.32 Å². The van der Waals surface area contributed by atoms with Crippen molar-refractivity contribution in [1.82, 2.24) is 10.2 Å². The third-order valence-corrected chi connectivity index (χ3v) is 4.77. The van der Waals surface area contributed by atoms with Crippen molar-refractivity contribution in [3.05, 3.63) is 0 Å². The van der Waals surface area contributed by atoms with Crippen LogP contribution in [0.1, 0.15) is 40.5 Å². The van der Waals surface area contributed by atoms with Crippen LogP contribution in [0.4, 0.5) is 0 Å². The Balaban J connectivity index is 1.93. The Morgan fingerprint density at radius 3 is 2.39 bits per heavy atom. The number of hydrogen-bond donors (Lipinski definition) is 1. The molecule has 0 aromatic rings. The number of nitrogens with zero attached hydrogens (tertiary/aromatic N) is 1. The topological polar surface area (TPSA) is 24.5 Å². The van der Waals surface area contributed by atoms with Gasteiger partial charge in [-0.2, -0.15) is 0 Å². The van der Waals surface area contributed by atoms with E-state index in [4.69, 9.17) is 4.74 Å². The third kappa shape index (κ3) is 3.06. The summed E-state index contributed by atoms with van der Waals surface area (Å²) in [5.41, 5.74) is 0.447. The van der Waals surface area contributed by atoms with Crippen LogP contribution in [0.5, 0.6) is 0 Å². The van der Waals surface area contributed by atoms with E-state index in [9.17, 15) is 0 Å². The first-order chi connectivity index (χ1) is 8.42. The smallest absolute Gasteiger partial charge is 0.0678 e. The lowest BCUT2D eigenvalue weighted by Crippen LogP contribution is -2.50. The van der Waals surface area contributed by atoms with E-state index in [2.05, 4.69) is 45.0 Å². The minimum atomic E-state index is 0.385. The minimum Gasteiger partial charge on any atom is -0.373 e. The highest BCUT2D eigenvalue weighted by atomic mass is 16.5. The molecule has 1 N–H and O–H groups in total. The van der Waals surface area contributed by atoms with Crippen molar-refractivity contribution >= 4 is 0 Å². The lowest BCUT2D eigenvalue weighted by atomic mass is 9.85. The summed E-state index contributed by atoms with van der Waals surface area (Å²) >= 11 is 0. The third-order valence-electron chi connectivity index (χ3n) is 4.77. The Morgan fingerprint density at radius 1 is 1.22 bits per heavy atom. The number of hydrogen-bond acceptors (Lipinski definition) is 3. The van der Waals surface area contributed by atoms with Crippen LogP contribution in [0.2, 0.25) is 0 Å². The molecule has 3 heteroatoms. The Labute approximate surface area is 112 Å². The van der Waals surface area contributed by atoms with Crippen molar-refractivity contribution in [2.45, 2.75) is 58.8 Å². The molecule has 18 heavy (non-hydrogen) atoms. The molecule has 1 saturated carbocycles. The molecule has 2 unspecified atom stereocenters. The maximum absolute atomic E-state index is 5.82. The van der Waals surface area contributed by atoms with Gasteiger partial charge in [0.15, 0.2) is 0 Å². The minimum absolute atomic E-state index is 0.385. The van der Waals surface area contributed by atoms with Crippen LogP contribution in [-0.4, -0.2) is 49.8 Å². The molecular weight excluding hydrogens is 224 g/mol. The predicted octanol–water partition coefficient (Wildman–Crippen LogP) is 2.12. The van der Waals surface area contributed by atoms with Crippen LogP contribution in [0.25, 0.3) is 0 Å². The monoisotopic (exact) mass is 254 g/mol. The normalized spacial score (nSPS) is 41.2. The highest BCUT2D eigenvalue weighted by Gasteiger charge is 2.41. The van der Waals surface area contributed by atoms with Gasteiger partial charge in [-0.3, -0.25) is 4.90 Å². The van der Waals surface area contributed by atoms with Gasteiger partial charge in [0.25, 0.3) is 0 Å². The molecule has 1 heterocycles. The van der Waals surface area contributed by atoms with Crippen LogP contribution in [-0.2, 0) is 4.74 Å². The van der Waals surface area contributed by atoms with Crippen LogP contribution in [0.3, 0.4) is 0 Å². The zero-order valence-corrected chi connectivity index (χ0v) is 12.7. The van der Waals surface area contributed by atoms with Gasteiger partial charge in [-0.25, -0.2) is 0 Å². The zero-order chi connectivity index (χ0) is 13.3. The second kappa shape index (κ2) is 5.48. The van der Waals surface area contributed by atoms with Crippen molar-refractivity contribution in [1.29, 1.82) is 0 Å².